The molecule has 0 unspecified atom stereocenters. The standard InChI is InChI=1S/2C55H71N7O8S2/c1-7-60(8-2)42-23-28-48-51(35-42)70-52-36-43(61(9-3)10-4)24-29-49(52)54(48)50-30-27-47(72(66,67)68)37-53(50)71(64,65)57-32-15-14-19-44(38-56-55(63)58-41-17-12-11-13-18-41)59(5)39-45-20-16-33-62(45)34-31-40-21-25-46(69-6)26-22-40;1-7-60(8-2)42-23-28-48-51(35-42)70-52-36-43(61(9-3)10-4)24-29-49(52)54(48)50-30-27-47(37-53(50)72(66,67)68)71(64,65)57-32-15-14-19-44(38-56-55(63)58-41-17-12-11-13-18-41)59(5)39-45-20-16-33-62(45)34-31-40-21-25-46(69-6)26-22-40/h2*11-13,17-18,21-30,35-37,44-45,57H,7-10,14-16,19-20,31-34,38-39H2,1-6H3,(H2-,56,58,63,66,67,68)/p+2/t2*44-,45-/m11/s1. The average molecular weight is 2050 g/mol. The summed E-state index contributed by atoms with van der Waals surface area (Å²) in [6.45, 7) is 29.2. The largest absolute Gasteiger partial charge is 0.497 e. The van der Waals surface area contributed by atoms with Gasteiger partial charge < -0.3 is 59.2 Å². The Morgan fingerprint density at radius 3 is 1.24 bits per heavy atom. The van der Waals surface area contributed by atoms with Crippen LogP contribution in [0.3, 0.4) is 0 Å². The number of benzene rings is 10. The van der Waals surface area contributed by atoms with E-state index in [-0.39, 0.29) is 58.2 Å². The quantitative estimate of drug-likeness (QED) is 0.00760. The molecule has 0 radical (unpaired) electrons. The Labute approximate surface area is 850 Å². The number of para-hydroxylation sites is 2. The summed E-state index contributed by atoms with van der Waals surface area (Å²) in [7, 11) is -10.9. The maximum Gasteiger partial charge on any atom is 0.319 e. The van der Waals surface area contributed by atoms with E-state index in [2.05, 4.69) is 163 Å². The van der Waals surface area contributed by atoms with Crippen molar-refractivity contribution < 1.29 is 70.7 Å². The molecule has 8 N–H and O–H groups in total. The van der Waals surface area contributed by atoms with E-state index in [1.54, 1.807) is 14.2 Å². The number of nitrogens with zero attached hydrogens (tertiary/aromatic N) is 8. The zero-order valence-corrected chi connectivity index (χ0v) is 88.4. The third kappa shape index (κ3) is 28.6. The van der Waals surface area contributed by atoms with Crippen LogP contribution in [0.25, 0.3) is 66.8 Å². The summed E-state index contributed by atoms with van der Waals surface area (Å²) in [6.07, 6.45) is 9.80. The summed E-state index contributed by atoms with van der Waals surface area (Å²) in [6, 6.07) is 65.8. The molecule has 14 rings (SSSR count). The summed E-state index contributed by atoms with van der Waals surface area (Å²) in [5.41, 5.74) is 9.53. The van der Waals surface area contributed by atoms with Crippen molar-refractivity contribution in [2.24, 2.45) is 0 Å². The molecule has 772 valence electrons. The number of methoxy groups -OCH3 is 2. The summed E-state index contributed by atoms with van der Waals surface area (Å²) < 4.78 is 164. The van der Waals surface area contributed by atoms with Crippen molar-refractivity contribution >= 4 is 97.0 Å². The zero-order valence-electron chi connectivity index (χ0n) is 85.1. The first-order valence-corrected chi connectivity index (χ1v) is 56.4. The number of nitrogens with one attached hydrogen (secondary N) is 6. The Kier molecular flexibility index (Phi) is 39.1. The molecule has 0 spiro atoms. The van der Waals surface area contributed by atoms with Gasteiger partial charge in [0.1, 0.15) is 65.3 Å². The van der Waals surface area contributed by atoms with Crippen molar-refractivity contribution in [1.82, 2.24) is 48.8 Å². The molecule has 8 aromatic carbocycles. The van der Waals surface area contributed by atoms with E-state index in [0.29, 0.717) is 131 Å². The van der Waals surface area contributed by atoms with E-state index < -0.39 is 50.1 Å². The number of anilines is 4. The third-order valence-electron chi connectivity index (χ3n) is 28.0. The number of sulfonamides is 2. The Bertz CT molecular complexity index is 6880. The smallest absolute Gasteiger partial charge is 0.319 e. The van der Waals surface area contributed by atoms with Crippen molar-refractivity contribution in [3.8, 4) is 56.4 Å². The number of rotatable bonds is 48. The molecule has 0 aromatic heterocycles. The number of ether oxygens (including phenoxy) is 2. The van der Waals surface area contributed by atoms with Gasteiger partial charge in [-0.2, -0.15) is 16.8 Å². The van der Waals surface area contributed by atoms with Crippen LogP contribution in [0.1, 0.15) is 131 Å². The van der Waals surface area contributed by atoms with Gasteiger partial charge in [-0.1, -0.05) is 85.6 Å². The minimum Gasteiger partial charge on any atom is -0.497 e. The Morgan fingerprint density at radius 1 is 0.444 bits per heavy atom. The number of amides is 4. The highest BCUT2D eigenvalue weighted by Crippen LogP contribution is 2.46. The monoisotopic (exact) mass is 2040 g/mol. The summed E-state index contributed by atoms with van der Waals surface area (Å²) >= 11 is 0. The number of likely N-dealkylation sites (N-methyl/N-ethyl adjacent to an activating group) is 2. The molecule has 2 saturated heterocycles. The SMILES string of the molecule is CCN(CC)c1ccc2c(-c3ccc(S(=O)(=O)NCCCC[C@H](CNC(=O)Nc4ccccc4)N(C)C[C@H]4CCCN4CCc4ccc(OC)cc4)cc3S(=O)(=O)O)c3ccc(=[N+](CC)CC)cc-3oc2c1.CCN(CC)c1ccc2c(-c3ccc(S(=O)(=O)O)cc3S(=O)(=O)NCCCC[C@H](CNC(=O)Nc3ccccc3)N(C)C[C@H]3CCCN3CCc3ccc(OC)cc3)c3ccc(=[N+](CC)CC)cc-3oc2c1. The van der Waals surface area contributed by atoms with Crippen LogP contribution in [-0.4, -0.2) is 245 Å². The Morgan fingerprint density at radius 2 is 0.840 bits per heavy atom. The van der Waals surface area contributed by atoms with Crippen LogP contribution in [0.2, 0.25) is 0 Å². The first-order chi connectivity index (χ1) is 69.3. The van der Waals surface area contributed by atoms with E-state index in [9.17, 15) is 52.4 Å². The number of unbranched alkanes of at least 4 members (excludes halogenated alkanes) is 2. The minimum atomic E-state index is -4.95. The lowest BCUT2D eigenvalue weighted by molar-refractivity contribution is 0.152. The molecule has 4 atom stereocenters. The number of carbonyl (C=O) groups excluding carboxylic acids is 2. The van der Waals surface area contributed by atoms with E-state index in [1.807, 2.05) is 158 Å². The molecule has 2 aliphatic carbocycles. The Balaban J connectivity index is 0.000000241. The van der Waals surface area contributed by atoms with Gasteiger partial charge >= 0.3 is 12.1 Å². The molecule has 34 heteroatoms. The lowest BCUT2D eigenvalue weighted by atomic mass is 9.93. The second kappa shape index (κ2) is 51.4. The van der Waals surface area contributed by atoms with E-state index in [4.69, 9.17) is 18.3 Å². The molecule has 0 saturated carbocycles. The second-order valence-corrected chi connectivity index (χ2v) is 43.2. The van der Waals surface area contributed by atoms with Crippen LogP contribution in [0.5, 0.6) is 11.5 Å². The van der Waals surface area contributed by atoms with Gasteiger partial charge in [-0.05, 0) is 267 Å². The molecule has 8 aromatic rings. The van der Waals surface area contributed by atoms with Gasteiger partial charge in [0.15, 0.2) is 0 Å². The molecular formula is C110H144N14O16S4+2. The first-order valence-electron chi connectivity index (χ1n) is 50.6. The van der Waals surface area contributed by atoms with Gasteiger partial charge in [0.05, 0.1) is 41.0 Å². The van der Waals surface area contributed by atoms with Gasteiger partial charge in [-0.15, -0.1) is 0 Å². The number of fused-ring (bicyclic) bond motifs is 4. The van der Waals surface area contributed by atoms with Gasteiger partial charge in [0, 0.05) is 194 Å². The molecule has 2 fully saturated rings. The molecule has 4 amide bonds. The summed E-state index contributed by atoms with van der Waals surface area (Å²) in [4.78, 5) is 38.6. The van der Waals surface area contributed by atoms with Crippen molar-refractivity contribution in [3.63, 3.8) is 0 Å². The van der Waals surface area contributed by atoms with Crippen molar-refractivity contribution in [2.75, 3.05) is 167 Å². The molecule has 6 aliphatic rings. The molecule has 30 nitrogen and oxygen atoms in total. The van der Waals surface area contributed by atoms with Crippen LogP contribution in [0.15, 0.2) is 247 Å². The van der Waals surface area contributed by atoms with Crippen molar-refractivity contribution in [3.05, 3.63) is 240 Å². The fourth-order valence-corrected chi connectivity index (χ4v) is 23.7. The second-order valence-electron chi connectivity index (χ2n) is 36.9. The molecular weight excluding hydrogens is 1900 g/mol. The van der Waals surface area contributed by atoms with Crippen LogP contribution in [0, 0.1) is 0 Å². The fraction of sp³-hybridized carbons (Fsp3) is 0.418. The maximum absolute atomic E-state index is 14.7. The van der Waals surface area contributed by atoms with Crippen LogP contribution >= 0.6 is 0 Å². The highest BCUT2D eigenvalue weighted by Gasteiger charge is 2.35. The number of likely N-dealkylation sites (tertiary alicyclic amines) is 2. The molecule has 4 aliphatic heterocycles. The zero-order chi connectivity index (χ0) is 103. The third-order valence-corrected chi connectivity index (χ3v) is 32.7. The van der Waals surface area contributed by atoms with Gasteiger partial charge in [-0.3, -0.25) is 18.9 Å². The highest BCUT2D eigenvalue weighted by molar-refractivity contribution is 7.90. The molecule has 0 bridgehead atoms. The number of hydrogen-bond donors (Lipinski definition) is 8. The maximum atomic E-state index is 14.7. The van der Waals surface area contributed by atoms with E-state index in [0.717, 1.165) is 176 Å². The van der Waals surface area contributed by atoms with Gasteiger partial charge in [0.2, 0.25) is 30.8 Å². The summed E-state index contributed by atoms with van der Waals surface area (Å²) in [5, 5.41) is 15.1. The predicted molar refractivity (Wildman–Crippen MR) is 576 cm³/mol. The first kappa shape index (κ1) is 110. The highest BCUT2D eigenvalue weighted by atomic mass is 32.2. The van der Waals surface area contributed by atoms with Crippen molar-refractivity contribution in [2.45, 2.75) is 176 Å². The molecule has 4 heterocycles. The normalized spacial score (nSPS) is 14.8. The van der Waals surface area contributed by atoms with Crippen molar-refractivity contribution in [1.29, 1.82) is 0 Å². The lowest BCUT2D eigenvalue weighted by Crippen LogP contribution is -2.48. The van der Waals surface area contributed by atoms with Gasteiger partial charge in [-0.25, -0.2) is 45.0 Å². The molecule has 144 heavy (non-hydrogen) atoms. The number of urea groups is 2. The fourth-order valence-electron chi connectivity index (χ4n) is 19.9. The van der Waals surface area contributed by atoms with Crippen LogP contribution < -0.4 is 69.9 Å². The minimum absolute atomic E-state index is 0.0392. The number of hydrogen-bond acceptors (Lipinski definition) is 20. The average Bonchev–Trinajstić information content (AvgIpc) is 0.792. The topological polar surface area (TPSA) is 354 Å². The van der Waals surface area contributed by atoms with E-state index >= 15 is 0 Å². The van der Waals surface area contributed by atoms with E-state index in [1.165, 1.54) is 35.4 Å². The predicted octanol–water partition coefficient (Wildman–Crippen LogP) is 16.8. The Hall–Kier alpha value is -11.6. The summed E-state index contributed by atoms with van der Waals surface area (Å²) in [5.74, 6) is 2.73. The lowest BCUT2D eigenvalue weighted by Gasteiger charge is -2.34. The number of carbonyl (C=O) groups is 2. The van der Waals surface area contributed by atoms with Crippen LogP contribution in [-0.2, 0) is 53.1 Å². The van der Waals surface area contributed by atoms with Gasteiger partial charge in [0.25, 0.3) is 20.2 Å². The van der Waals surface area contributed by atoms with Crippen LogP contribution in [0.4, 0.5) is 32.3 Å².